The summed E-state index contributed by atoms with van der Waals surface area (Å²) in [6, 6.07) is 5.69. The van der Waals surface area contributed by atoms with Gasteiger partial charge in [-0.25, -0.2) is 4.39 Å². The van der Waals surface area contributed by atoms with Crippen LogP contribution in [0.3, 0.4) is 0 Å². The summed E-state index contributed by atoms with van der Waals surface area (Å²) in [4.78, 5) is 24.6. The molecule has 0 fully saturated rings. The standard InChI is InChI=1S/C14H19FN2O3/c1-3-20-14(19)7-8-17(2)10-13(18)16-12-6-4-5-11(15)9-12/h4-6,9H,3,7-8,10H2,1-2H3,(H,16,18). The van der Waals surface area contributed by atoms with Crippen molar-refractivity contribution in [3.05, 3.63) is 30.1 Å². The lowest BCUT2D eigenvalue weighted by Gasteiger charge is -2.15. The van der Waals surface area contributed by atoms with Gasteiger partial charge in [0.15, 0.2) is 0 Å². The summed E-state index contributed by atoms with van der Waals surface area (Å²) in [6.45, 7) is 2.64. The zero-order chi connectivity index (χ0) is 15.0. The molecule has 1 amide bonds. The van der Waals surface area contributed by atoms with E-state index in [9.17, 15) is 14.0 Å². The molecule has 1 rings (SSSR count). The van der Waals surface area contributed by atoms with Gasteiger partial charge in [0, 0.05) is 12.2 Å². The maximum absolute atomic E-state index is 12.9. The summed E-state index contributed by atoms with van der Waals surface area (Å²) in [5.41, 5.74) is 0.411. The number of rotatable bonds is 7. The molecule has 0 radical (unpaired) electrons. The molecule has 0 aliphatic rings. The molecule has 0 aliphatic carbocycles. The van der Waals surface area contributed by atoms with Crippen molar-refractivity contribution in [1.82, 2.24) is 4.90 Å². The van der Waals surface area contributed by atoms with Crippen molar-refractivity contribution in [2.24, 2.45) is 0 Å². The fourth-order valence-electron chi connectivity index (χ4n) is 1.61. The Bertz CT molecular complexity index is 465. The van der Waals surface area contributed by atoms with Gasteiger partial charge >= 0.3 is 5.97 Å². The predicted octanol–water partition coefficient (Wildman–Crippen LogP) is 1.65. The number of nitrogens with one attached hydrogen (secondary N) is 1. The number of ether oxygens (including phenoxy) is 1. The summed E-state index contributed by atoms with van der Waals surface area (Å²) < 4.78 is 17.7. The molecular weight excluding hydrogens is 263 g/mol. The van der Waals surface area contributed by atoms with E-state index in [0.717, 1.165) is 0 Å². The summed E-state index contributed by atoms with van der Waals surface area (Å²) in [7, 11) is 1.73. The Labute approximate surface area is 117 Å². The highest BCUT2D eigenvalue weighted by molar-refractivity contribution is 5.92. The van der Waals surface area contributed by atoms with Gasteiger partial charge in [-0.05, 0) is 32.2 Å². The van der Waals surface area contributed by atoms with E-state index in [1.165, 1.54) is 18.2 Å². The summed E-state index contributed by atoms with van der Waals surface area (Å²) in [6.07, 6.45) is 0.234. The van der Waals surface area contributed by atoms with Crippen LogP contribution in [-0.2, 0) is 14.3 Å². The van der Waals surface area contributed by atoms with Gasteiger partial charge < -0.3 is 10.1 Å². The average Bonchev–Trinajstić information content (AvgIpc) is 2.36. The van der Waals surface area contributed by atoms with Crippen LogP contribution in [-0.4, -0.2) is 43.5 Å². The van der Waals surface area contributed by atoms with Crippen LogP contribution in [0.15, 0.2) is 24.3 Å². The largest absolute Gasteiger partial charge is 0.466 e. The van der Waals surface area contributed by atoms with Crippen LogP contribution in [0.2, 0.25) is 0 Å². The number of hydrogen-bond acceptors (Lipinski definition) is 4. The van der Waals surface area contributed by atoms with E-state index >= 15 is 0 Å². The molecule has 1 aromatic rings. The van der Waals surface area contributed by atoms with Crippen molar-refractivity contribution in [2.45, 2.75) is 13.3 Å². The third-order valence-corrected chi connectivity index (χ3v) is 2.52. The minimum absolute atomic E-state index is 0.121. The highest BCUT2D eigenvalue weighted by Crippen LogP contribution is 2.08. The first kappa shape index (κ1) is 16.1. The normalized spacial score (nSPS) is 10.4. The first-order valence-electron chi connectivity index (χ1n) is 6.41. The lowest BCUT2D eigenvalue weighted by atomic mass is 10.3. The van der Waals surface area contributed by atoms with Gasteiger partial charge in [0.2, 0.25) is 5.91 Å². The van der Waals surface area contributed by atoms with Gasteiger partial charge in [-0.2, -0.15) is 0 Å². The number of benzene rings is 1. The van der Waals surface area contributed by atoms with Gasteiger partial charge in [0.05, 0.1) is 19.6 Å². The molecule has 0 aromatic heterocycles. The number of likely N-dealkylation sites (N-methyl/N-ethyl adjacent to an activating group) is 1. The smallest absolute Gasteiger partial charge is 0.307 e. The molecule has 0 saturated heterocycles. The molecule has 20 heavy (non-hydrogen) atoms. The third-order valence-electron chi connectivity index (χ3n) is 2.52. The molecular formula is C14H19FN2O3. The van der Waals surface area contributed by atoms with Crippen LogP contribution >= 0.6 is 0 Å². The molecule has 6 heteroatoms. The van der Waals surface area contributed by atoms with E-state index < -0.39 is 5.82 Å². The van der Waals surface area contributed by atoms with E-state index in [2.05, 4.69) is 5.32 Å². The molecule has 1 aromatic carbocycles. The Morgan fingerprint density at radius 3 is 2.80 bits per heavy atom. The quantitative estimate of drug-likeness (QED) is 0.773. The second kappa shape index (κ2) is 8.27. The minimum Gasteiger partial charge on any atom is -0.466 e. The maximum Gasteiger partial charge on any atom is 0.307 e. The van der Waals surface area contributed by atoms with E-state index in [1.54, 1.807) is 24.9 Å². The average molecular weight is 282 g/mol. The monoisotopic (exact) mass is 282 g/mol. The van der Waals surface area contributed by atoms with Crippen LogP contribution in [0.25, 0.3) is 0 Å². The molecule has 0 saturated carbocycles. The maximum atomic E-state index is 12.9. The zero-order valence-electron chi connectivity index (χ0n) is 11.7. The zero-order valence-corrected chi connectivity index (χ0v) is 11.7. The fraction of sp³-hybridized carbons (Fsp3) is 0.429. The molecule has 0 spiro atoms. The predicted molar refractivity (Wildman–Crippen MR) is 73.8 cm³/mol. The van der Waals surface area contributed by atoms with Gasteiger partial charge in [0.1, 0.15) is 5.82 Å². The highest BCUT2D eigenvalue weighted by Gasteiger charge is 2.09. The SMILES string of the molecule is CCOC(=O)CCN(C)CC(=O)Nc1cccc(F)c1. The van der Waals surface area contributed by atoms with E-state index in [-0.39, 0.29) is 24.8 Å². The number of anilines is 1. The van der Waals surface area contributed by atoms with Crippen molar-refractivity contribution >= 4 is 17.6 Å². The van der Waals surface area contributed by atoms with E-state index in [1.807, 2.05) is 0 Å². The number of nitrogens with zero attached hydrogens (tertiary/aromatic N) is 1. The van der Waals surface area contributed by atoms with Gasteiger partial charge in [-0.15, -0.1) is 0 Å². The molecule has 1 N–H and O–H groups in total. The second-order valence-electron chi connectivity index (χ2n) is 4.35. The number of amides is 1. The van der Waals surface area contributed by atoms with Crippen LogP contribution in [0.1, 0.15) is 13.3 Å². The second-order valence-corrected chi connectivity index (χ2v) is 4.35. The van der Waals surface area contributed by atoms with Crippen molar-refractivity contribution in [2.75, 3.05) is 32.1 Å². The van der Waals surface area contributed by atoms with Gasteiger partial charge in [-0.1, -0.05) is 6.07 Å². The molecule has 0 aliphatic heterocycles. The highest BCUT2D eigenvalue weighted by atomic mass is 19.1. The molecule has 0 atom stereocenters. The summed E-state index contributed by atoms with van der Waals surface area (Å²) >= 11 is 0. The van der Waals surface area contributed by atoms with Crippen molar-refractivity contribution < 1.29 is 18.7 Å². The lowest BCUT2D eigenvalue weighted by Crippen LogP contribution is -2.32. The number of hydrogen-bond donors (Lipinski definition) is 1. The first-order valence-corrected chi connectivity index (χ1v) is 6.41. The number of halogens is 1. The first-order chi connectivity index (χ1) is 9.51. The summed E-state index contributed by atoms with van der Waals surface area (Å²) in [5.74, 6) is -0.953. The Kier molecular flexibility index (Phi) is 6.66. The van der Waals surface area contributed by atoms with E-state index in [0.29, 0.717) is 18.8 Å². The van der Waals surface area contributed by atoms with Gasteiger partial charge in [-0.3, -0.25) is 14.5 Å². The number of esters is 1. The van der Waals surface area contributed by atoms with E-state index in [4.69, 9.17) is 4.74 Å². The number of carbonyl (C=O) groups is 2. The Hall–Kier alpha value is -1.95. The van der Waals surface area contributed by atoms with Crippen molar-refractivity contribution in [3.63, 3.8) is 0 Å². The lowest BCUT2D eigenvalue weighted by molar-refractivity contribution is -0.143. The Morgan fingerprint density at radius 2 is 2.15 bits per heavy atom. The fourth-order valence-corrected chi connectivity index (χ4v) is 1.61. The third kappa shape index (κ3) is 6.29. The van der Waals surface area contributed by atoms with Crippen LogP contribution < -0.4 is 5.32 Å². The molecule has 110 valence electrons. The topological polar surface area (TPSA) is 58.6 Å². The summed E-state index contributed by atoms with van der Waals surface area (Å²) in [5, 5.41) is 2.59. The molecule has 0 bridgehead atoms. The van der Waals surface area contributed by atoms with Crippen LogP contribution in [0, 0.1) is 5.82 Å². The van der Waals surface area contributed by atoms with Gasteiger partial charge in [0.25, 0.3) is 0 Å². The van der Waals surface area contributed by atoms with Crippen LogP contribution in [0.4, 0.5) is 10.1 Å². The Morgan fingerprint density at radius 1 is 1.40 bits per heavy atom. The minimum atomic E-state index is -0.404. The molecule has 0 heterocycles. The molecule has 5 nitrogen and oxygen atoms in total. The Balaban J connectivity index is 2.33. The molecule has 0 unspecified atom stereocenters. The number of carbonyl (C=O) groups excluding carboxylic acids is 2. The van der Waals surface area contributed by atoms with Crippen molar-refractivity contribution in [1.29, 1.82) is 0 Å². The van der Waals surface area contributed by atoms with Crippen molar-refractivity contribution in [3.8, 4) is 0 Å². The van der Waals surface area contributed by atoms with Crippen LogP contribution in [0.5, 0.6) is 0 Å².